The van der Waals surface area contributed by atoms with Crippen LogP contribution in [0.2, 0.25) is 0 Å². The lowest BCUT2D eigenvalue weighted by molar-refractivity contribution is -0.138. The van der Waals surface area contributed by atoms with E-state index in [1.54, 1.807) is 6.92 Å². The molecule has 164 valence electrons. The van der Waals surface area contributed by atoms with E-state index in [4.69, 9.17) is 0 Å². The Morgan fingerprint density at radius 1 is 1.10 bits per heavy atom. The second-order valence-electron chi connectivity index (χ2n) is 7.11. The summed E-state index contributed by atoms with van der Waals surface area (Å²) in [5.74, 6) is -1.63. The molecule has 1 saturated heterocycles. The van der Waals surface area contributed by atoms with Crippen LogP contribution < -0.4 is 10.0 Å². The number of sulfonamides is 1. The molecule has 1 aliphatic heterocycles. The first-order valence-electron chi connectivity index (χ1n) is 9.68. The second kappa shape index (κ2) is 9.25. The first kappa shape index (κ1) is 22.4. The Bertz CT molecular complexity index is 1120. The monoisotopic (exact) mass is 447 g/mol. The van der Waals surface area contributed by atoms with Gasteiger partial charge in [-0.1, -0.05) is 18.2 Å². The number of halogens is 1. The van der Waals surface area contributed by atoms with Gasteiger partial charge in [0.2, 0.25) is 11.8 Å². The smallest absolute Gasteiger partial charge is 0.262 e. The minimum absolute atomic E-state index is 0.157. The molecule has 0 aromatic heterocycles. The van der Waals surface area contributed by atoms with E-state index < -0.39 is 21.7 Å². The van der Waals surface area contributed by atoms with E-state index in [1.165, 1.54) is 41.3 Å². The summed E-state index contributed by atoms with van der Waals surface area (Å²) in [6, 6.07) is 9.42. The SMILES string of the molecule is Cc1ccc(S(=O)(=O)Nc2ccccc2F)cc1C(=O)NCCCN1C(=O)CCC1=O. The third-order valence-corrected chi connectivity index (χ3v) is 6.24. The predicted octanol–water partition coefficient (Wildman–Crippen LogP) is 2.20. The van der Waals surface area contributed by atoms with Gasteiger partial charge in [-0.25, -0.2) is 12.8 Å². The lowest BCUT2D eigenvalue weighted by Crippen LogP contribution is -2.33. The number of para-hydroxylation sites is 1. The van der Waals surface area contributed by atoms with Crippen LogP contribution in [0.25, 0.3) is 0 Å². The van der Waals surface area contributed by atoms with E-state index in [2.05, 4.69) is 10.0 Å². The van der Waals surface area contributed by atoms with Crippen molar-refractivity contribution in [2.75, 3.05) is 17.8 Å². The fourth-order valence-corrected chi connectivity index (χ4v) is 4.26. The fraction of sp³-hybridized carbons (Fsp3) is 0.286. The zero-order chi connectivity index (χ0) is 22.6. The molecule has 1 heterocycles. The number of likely N-dealkylation sites (tertiary alicyclic amines) is 1. The van der Waals surface area contributed by atoms with Crippen molar-refractivity contribution in [3.63, 3.8) is 0 Å². The molecule has 1 fully saturated rings. The van der Waals surface area contributed by atoms with Crippen molar-refractivity contribution in [3.8, 4) is 0 Å². The molecule has 1 aliphatic rings. The Hall–Kier alpha value is -3.27. The summed E-state index contributed by atoms with van der Waals surface area (Å²) in [5, 5.41) is 2.67. The average Bonchev–Trinajstić information content (AvgIpc) is 3.04. The van der Waals surface area contributed by atoms with Crippen LogP contribution in [0.3, 0.4) is 0 Å². The Balaban J connectivity index is 1.66. The van der Waals surface area contributed by atoms with Crippen LogP contribution in [0.4, 0.5) is 10.1 Å². The molecule has 2 aromatic rings. The largest absolute Gasteiger partial charge is 0.352 e. The van der Waals surface area contributed by atoms with Gasteiger partial charge < -0.3 is 5.32 Å². The van der Waals surface area contributed by atoms with E-state index >= 15 is 0 Å². The molecule has 3 rings (SSSR count). The maximum absolute atomic E-state index is 13.8. The molecule has 10 heteroatoms. The van der Waals surface area contributed by atoms with Gasteiger partial charge in [-0.05, 0) is 43.2 Å². The Morgan fingerprint density at radius 2 is 1.77 bits per heavy atom. The van der Waals surface area contributed by atoms with E-state index in [9.17, 15) is 27.2 Å². The van der Waals surface area contributed by atoms with Gasteiger partial charge in [-0.15, -0.1) is 0 Å². The molecule has 0 saturated carbocycles. The van der Waals surface area contributed by atoms with Gasteiger partial charge in [-0.3, -0.25) is 24.0 Å². The highest BCUT2D eigenvalue weighted by atomic mass is 32.2. The predicted molar refractivity (Wildman–Crippen MR) is 111 cm³/mol. The molecule has 3 amide bonds. The second-order valence-corrected chi connectivity index (χ2v) is 8.79. The van der Waals surface area contributed by atoms with Crippen molar-refractivity contribution in [1.82, 2.24) is 10.2 Å². The van der Waals surface area contributed by atoms with Gasteiger partial charge in [0.1, 0.15) is 5.82 Å². The number of carbonyl (C=O) groups is 3. The number of anilines is 1. The van der Waals surface area contributed by atoms with Gasteiger partial charge in [-0.2, -0.15) is 0 Å². The zero-order valence-corrected chi connectivity index (χ0v) is 17.7. The first-order valence-corrected chi connectivity index (χ1v) is 11.2. The molecule has 8 nitrogen and oxygen atoms in total. The van der Waals surface area contributed by atoms with Gasteiger partial charge in [0.15, 0.2) is 0 Å². The molecule has 0 atom stereocenters. The van der Waals surface area contributed by atoms with Crippen LogP contribution in [-0.4, -0.2) is 44.1 Å². The van der Waals surface area contributed by atoms with Crippen LogP contribution in [-0.2, 0) is 19.6 Å². The van der Waals surface area contributed by atoms with Crippen LogP contribution in [0.1, 0.15) is 35.2 Å². The van der Waals surface area contributed by atoms with Crippen LogP contribution in [0.15, 0.2) is 47.4 Å². The number of amides is 3. The quantitative estimate of drug-likeness (QED) is 0.476. The average molecular weight is 447 g/mol. The zero-order valence-electron chi connectivity index (χ0n) is 16.9. The first-order chi connectivity index (χ1) is 14.7. The molecule has 0 radical (unpaired) electrons. The molecule has 2 N–H and O–H groups in total. The van der Waals surface area contributed by atoms with Gasteiger partial charge in [0.25, 0.3) is 15.9 Å². The molecule has 0 bridgehead atoms. The Morgan fingerprint density at radius 3 is 2.45 bits per heavy atom. The summed E-state index contributed by atoms with van der Waals surface area (Å²) in [7, 11) is -4.11. The topological polar surface area (TPSA) is 113 Å². The van der Waals surface area contributed by atoms with Gasteiger partial charge >= 0.3 is 0 Å². The number of rotatable bonds is 8. The van der Waals surface area contributed by atoms with Crippen molar-refractivity contribution in [3.05, 3.63) is 59.4 Å². The van der Waals surface area contributed by atoms with Crippen LogP contribution in [0, 0.1) is 12.7 Å². The number of nitrogens with one attached hydrogen (secondary N) is 2. The molecular weight excluding hydrogens is 425 g/mol. The van der Waals surface area contributed by atoms with Gasteiger partial charge in [0.05, 0.1) is 10.6 Å². The highest BCUT2D eigenvalue weighted by Gasteiger charge is 2.28. The van der Waals surface area contributed by atoms with Crippen molar-refractivity contribution in [1.29, 1.82) is 0 Å². The summed E-state index contributed by atoms with van der Waals surface area (Å²) in [6.07, 6.45) is 0.814. The fourth-order valence-electron chi connectivity index (χ4n) is 3.17. The molecule has 2 aromatic carbocycles. The number of aryl methyl sites for hydroxylation is 1. The summed E-state index contributed by atoms with van der Waals surface area (Å²) < 4.78 is 41.2. The highest BCUT2D eigenvalue weighted by Crippen LogP contribution is 2.21. The van der Waals surface area contributed by atoms with Gasteiger partial charge in [0, 0.05) is 31.5 Å². The van der Waals surface area contributed by atoms with Crippen molar-refractivity contribution in [2.24, 2.45) is 0 Å². The lowest BCUT2D eigenvalue weighted by Gasteiger charge is -2.14. The minimum atomic E-state index is -4.11. The summed E-state index contributed by atoms with van der Waals surface area (Å²) in [4.78, 5) is 36.7. The van der Waals surface area contributed by atoms with Crippen LogP contribution >= 0.6 is 0 Å². The Kier molecular flexibility index (Phi) is 6.69. The number of hydrogen-bond acceptors (Lipinski definition) is 5. The van der Waals surface area contributed by atoms with E-state index in [-0.39, 0.29) is 53.9 Å². The number of hydrogen-bond donors (Lipinski definition) is 2. The molecule has 0 unspecified atom stereocenters. The van der Waals surface area contributed by atoms with E-state index in [0.29, 0.717) is 12.0 Å². The number of benzene rings is 2. The van der Waals surface area contributed by atoms with E-state index in [0.717, 1.165) is 6.07 Å². The molecule has 0 spiro atoms. The van der Waals surface area contributed by atoms with Crippen molar-refractivity contribution in [2.45, 2.75) is 31.1 Å². The maximum atomic E-state index is 13.8. The number of imide groups is 1. The summed E-state index contributed by atoms with van der Waals surface area (Å²) >= 11 is 0. The molecule has 0 aliphatic carbocycles. The normalized spacial score (nSPS) is 14.1. The Labute approximate surface area is 179 Å². The highest BCUT2D eigenvalue weighted by molar-refractivity contribution is 7.92. The molecule has 31 heavy (non-hydrogen) atoms. The third kappa shape index (κ3) is 5.26. The third-order valence-electron chi connectivity index (χ3n) is 4.88. The maximum Gasteiger partial charge on any atom is 0.262 e. The summed E-state index contributed by atoms with van der Waals surface area (Å²) in [5.41, 5.74) is 0.525. The lowest BCUT2D eigenvalue weighted by atomic mass is 10.1. The number of carbonyl (C=O) groups excluding carboxylic acids is 3. The molecular formula is C21H22FN3O5S. The number of nitrogens with zero attached hydrogens (tertiary/aromatic N) is 1. The van der Waals surface area contributed by atoms with Crippen molar-refractivity contribution >= 4 is 33.4 Å². The minimum Gasteiger partial charge on any atom is -0.352 e. The van der Waals surface area contributed by atoms with E-state index in [1.807, 2.05) is 0 Å². The summed E-state index contributed by atoms with van der Waals surface area (Å²) in [6.45, 7) is 2.09. The standard InChI is InChI=1S/C21H22FN3O5S/c1-14-7-8-15(31(29,30)24-18-6-3-2-5-17(18)22)13-16(14)21(28)23-11-4-12-25-19(26)9-10-20(25)27/h2-3,5-8,13,24H,4,9-12H2,1H3,(H,23,28). The van der Waals surface area contributed by atoms with Crippen molar-refractivity contribution < 1.29 is 27.2 Å². The van der Waals surface area contributed by atoms with Crippen LogP contribution in [0.5, 0.6) is 0 Å².